The number of benzene rings is 3. The smallest absolute Gasteiger partial charge is 0.204 e. The molecular weight excluding hydrogens is 310 g/mol. The maximum absolute atomic E-state index is 10.3. The lowest BCUT2D eigenvalue weighted by molar-refractivity contribution is 0.470. The second kappa shape index (κ2) is 6.48. The summed E-state index contributed by atoms with van der Waals surface area (Å²) in [5.41, 5.74) is 3.02. The highest BCUT2D eigenvalue weighted by molar-refractivity contribution is 5.88. The van der Waals surface area contributed by atoms with Crippen LogP contribution in [-0.4, -0.2) is 14.7 Å². The Hall–Kier alpha value is -3.01. The molecule has 0 saturated carbocycles. The summed E-state index contributed by atoms with van der Waals surface area (Å²) in [6.45, 7) is 3.60. The minimum absolute atomic E-state index is 0.310. The topological polar surface area (TPSA) is 50.1 Å². The molecular formula is C21H21N3O. The van der Waals surface area contributed by atoms with Crippen LogP contribution in [-0.2, 0) is 13.1 Å². The molecule has 4 rings (SSSR count). The second-order valence-electron chi connectivity index (χ2n) is 6.21. The van der Waals surface area contributed by atoms with E-state index in [1.165, 1.54) is 0 Å². The number of anilines is 1. The van der Waals surface area contributed by atoms with E-state index in [4.69, 9.17) is 4.98 Å². The standard InChI is InChI=1S/C21H21N3O/c1-2-13-24-19-10-6-5-9-18(19)23-21(24)22-14-17-16-8-4-3-7-15(16)11-12-20(17)25/h3-12,25H,2,13-14H2,1H3,(H,22,23). The third kappa shape index (κ3) is 2.80. The number of aromatic hydroxyl groups is 1. The van der Waals surface area contributed by atoms with E-state index >= 15 is 0 Å². The molecule has 0 saturated heterocycles. The van der Waals surface area contributed by atoms with Crippen molar-refractivity contribution < 1.29 is 5.11 Å². The number of nitrogens with one attached hydrogen (secondary N) is 1. The molecule has 0 aliphatic heterocycles. The molecule has 0 bridgehead atoms. The number of aromatic nitrogens is 2. The summed E-state index contributed by atoms with van der Waals surface area (Å²) in [4.78, 5) is 4.73. The third-order valence-electron chi connectivity index (χ3n) is 4.54. The van der Waals surface area contributed by atoms with Crippen LogP contribution < -0.4 is 5.32 Å². The fraction of sp³-hybridized carbons (Fsp3) is 0.190. The van der Waals surface area contributed by atoms with Crippen molar-refractivity contribution in [1.82, 2.24) is 9.55 Å². The predicted molar refractivity (Wildman–Crippen MR) is 103 cm³/mol. The molecule has 1 aromatic heterocycles. The zero-order chi connectivity index (χ0) is 17.2. The van der Waals surface area contributed by atoms with Crippen LogP contribution in [0.1, 0.15) is 18.9 Å². The molecule has 2 N–H and O–H groups in total. The average molecular weight is 331 g/mol. The fourth-order valence-corrected chi connectivity index (χ4v) is 3.34. The van der Waals surface area contributed by atoms with Gasteiger partial charge in [-0.2, -0.15) is 0 Å². The molecule has 0 unspecified atom stereocenters. The van der Waals surface area contributed by atoms with E-state index in [1.807, 2.05) is 42.5 Å². The molecule has 0 aliphatic carbocycles. The van der Waals surface area contributed by atoms with Crippen LogP contribution in [0.5, 0.6) is 5.75 Å². The van der Waals surface area contributed by atoms with Gasteiger partial charge in [-0.1, -0.05) is 49.4 Å². The number of hydrogen-bond donors (Lipinski definition) is 2. The zero-order valence-corrected chi connectivity index (χ0v) is 14.2. The lowest BCUT2D eigenvalue weighted by Crippen LogP contribution is -2.08. The first-order valence-corrected chi connectivity index (χ1v) is 8.66. The summed E-state index contributed by atoms with van der Waals surface area (Å²) in [5.74, 6) is 1.15. The lowest BCUT2D eigenvalue weighted by Gasteiger charge is -2.12. The fourth-order valence-electron chi connectivity index (χ4n) is 3.34. The number of nitrogens with zero attached hydrogens (tertiary/aromatic N) is 2. The van der Waals surface area contributed by atoms with E-state index in [-0.39, 0.29) is 0 Å². The van der Waals surface area contributed by atoms with Gasteiger partial charge in [0.25, 0.3) is 0 Å². The van der Waals surface area contributed by atoms with E-state index in [9.17, 15) is 5.11 Å². The molecule has 0 fully saturated rings. The Labute approximate surface area is 146 Å². The number of aryl methyl sites for hydroxylation is 1. The molecule has 25 heavy (non-hydrogen) atoms. The van der Waals surface area contributed by atoms with Crippen LogP contribution in [0.4, 0.5) is 5.95 Å². The molecule has 1 heterocycles. The van der Waals surface area contributed by atoms with E-state index in [1.54, 1.807) is 6.07 Å². The molecule has 4 heteroatoms. The van der Waals surface area contributed by atoms with Crippen LogP contribution in [0.25, 0.3) is 21.8 Å². The predicted octanol–water partition coefficient (Wildman–Crippen LogP) is 4.92. The molecule has 3 aromatic carbocycles. The summed E-state index contributed by atoms with van der Waals surface area (Å²) in [6.07, 6.45) is 1.04. The first kappa shape index (κ1) is 15.5. The van der Waals surface area contributed by atoms with Crippen LogP contribution in [0.15, 0.2) is 60.7 Å². The Kier molecular flexibility index (Phi) is 4.02. The number of imidazole rings is 1. The van der Waals surface area contributed by atoms with Gasteiger partial charge in [-0.05, 0) is 35.4 Å². The molecule has 0 amide bonds. The maximum atomic E-state index is 10.3. The normalized spacial score (nSPS) is 11.2. The van der Waals surface area contributed by atoms with Crippen molar-refractivity contribution in [3.05, 3.63) is 66.2 Å². The van der Waals surface area contributed by atoms with Crippen molar-refractivity contribution in [2.45, 2.75) is 26.4 Å². The highest BCUT2D eigenvalue weighted by atomic mass is 16.3. The Morgan fingerprint density at radius 2 is 1.80 bits per heavy atom. The number of para-hydroxylation sites is 2. The van der Waals surface area contributed by atoms with E-state index < -0.39 is 0 Å². The Morgan fingerprint density at radius 1 is 1.00 bits per heavy atom. The number of fused-ring (bicyclic) bond motifs is 2. The van der Waals surface area contributed by atoms with Crippen molar-refractivity contribution in [3.63, 3.8) is 0 Å². The Balaban J connectivity index is 1.71. The number of phenols is 1. The SMILES string of the molecule is CCCn1c(NCc2c(O)ccc3ccccc23)nc2ccccc21. The highest BCUT2D eigenvalue weighted by Gasteiger charge is 2.12. The van der Waals surface area contributed by atoms with Crippen LogP contribution >= 0.6 is 0 Å². The summed E-state index contributed by atoms with van der Waals surface area (Å²) < 4.78 is 2.21. The molecule has 4 aromatic rings. The van der Waals surface area contributed by atoms with E-state index in [0.717, 1.165) is 46.3 Å². The quantitative estimate of drug-likeness (QED) is 0.546. The van der Waals surface area contributed by atoms with Gasteiger partial charge in [0.1, 0.15) is 5.75 Å². The highest BCUT2D eigenvalue weighted by Crippen LogP contribution is 2.28. The van der Waals surface area contributed by atoms with Crippen molar-refractivity contribution in [2.24, 2.45) is 0 Å². The van der Waals surface area contributed by atoms with Crippen LogP contribution in [0, 0.1) is 0 Å². The number of phenolic OH excluding ortho intramolecular Hbond substituents is 1. The maximum Gasteiger partial charge on any atom is 0.204 e. The largest absolute Gasteiger partial charge is 0.508 e. The van der Waals surface area contributed by atoms with Crippen molar-refractivity contribution >= 4 is 27.8 Å². The lowest BCUT2D eigenvalue weighted by atomic mass is 10.0. The third-order valence-corrected chi connectivity index (χ3v) is 4.54. The van der Waals surface area contributed by atoms with E-state index in [2.05, 4.69) is 28.9 Å². The van der Waals surface area contributed by atoms with Gasteiger partial charge in [0.15, 0.2) is 0 Å². The summed E-state index contributed by atoms with van der Waals surface area (Å²) >= 11 is 0. The minimum atomic E-state index is 0.310. The first-order chi connectivity index (χ1) is 12.3. The molecule has 4 nitrogen and oxygen atoms in total. The molecule has 0 radical (unpaired) electrons. The van der Waals surface area contributed by atoms with Crippen molar-refractivity contribution in [3.8, 4) is 5.75 Å². The summed E-state index contributed by atoms with van der Waals surface area (Å²) in [5, 5.41) is 15.9. The van der Waals surface area contributed by atoms with Gasteiger partial charge < -0.3 is 15.0 Å². The van der Waals surface area contributed by atoms with Crippen molar-refractivity contribution in [1.29, 1.82) is 0 Å². The molecule has 0 spiro atoms. The van der Waals surface area contributed by atoms with Crippen LogP contribution in [0.3, 0.4) is 0 Å². The Morgan fingerprint density at radius 3 is 2.68 bits per heavy atom. The van der Waals surface area contributed by atoms with Gasteiger partial charge >= 0.3 is 0 Å². The first-order valence-electron chi connectivity index (χ1n) is 8.66. The zero-order valence-electron chi connectivity index (χ0n) is 14.2. The van der Waals surface area contributed by atoms with Crippen molar-refractivity contribution in [2.75, 3.05) is 5.32 Å². The number of hydrogen-bond acceptors (Lipinski definition) is 3. The van der Waals surface area contributed by atoms with Gasteiger partial charge in [-0.25, -0.2) is 4.98 Å². The second-order valence-corrected chi connectivity index (χ2v) is 6.21. The summed E-state index contributed by atoms with van der Waals surface area (Å²) in [7, 11) is 0. The monoisotopic (exact) mass is 331 g/mol. The molecule has 0 atom stereocenters. The van der Waals surface area contributed by atoms with Gasteiger partial charge in [-0.15, -0.1) is 0 Å². The van der Waals surface area contributed by atoms with Gasteiger partial charge in [0.2, 0.25) is 5.95 Å². The number of rotatable bonds is 5. The van der Waals surface area contributed by atoms with E-state index in [0.29, 0.717) is 12.3 Å². The van der Waals surface area contributed by atoms with Gasteiger partial charge in [0.05, 0.1) is 11.0 Å². The molecule has 0 aliphatic rings. The summed E-state index contributed by atoms with van der Waals surface area (Å²) in [6, 6.07) is 20.0. The van der Waals surface area contributed by atoms with Gasteiger partial charge in [0, 0.05) is 18.7 Å². The van der Waals surface area contributed by atoms with Gasteiger partial charge in [-0.3, -0.25) is 0 Å². The average Bonchev–Trinajstić information content (AvgIpc) is 2.99. The minimum Gasteiger partial charge on any atom is -0.508 e. The Bertz CT molecular complexity index is 1040. The van der Waals surface area contributed by atoms with Crippen LogP contribution in [0.2, 0.25) is 0 Å². The molecule has 126 valence electrons.